The second kappa shape index (κ2) is 4.65. The van der Waals surface area contributed by atoms with Gasteiger partial charge in [-0.1, -0.05) is 0 Å². The summed E-state index contributed by atoms with van der Waals surface area (Å²) >= 11 is 0. The highest BCUT2D eigenvalue weighted by Crippen LogP contribution is 2.21. The fourth-order valence-corrected chi connectivity index (χ4v) is 1.55. The zero-order valence-corrected chi connectivity index (χ0v) is 9.35. The summed E-state index contributed by atoms with van der Waals surface area (Å²) in [7, 11) is 0. The molecule has 2 rings (SSSR count). The number of benzene rings is 2. The van der Waals surface area contributed by atoms with Crippen molar-refractivity contribution in [2.45, 2.75) is 6.54 Å². The molecule has 0 amide bonds. The molecule has 0 bridgehead atoms. The van der Waals surface area contributed by atoms with E-state index in [-0.39, 0.29) is 5.75 Å². The minimum atomic E-state index is 0.238. The average molecular weight is 229 g/mol. The molecule has 0 unspecified atom stereocenters. The SMILES string of the molecule is Nc1ccc(NCc2cc(N)ccc2O)cc1. The van der Waals surface area contributed by atoms with Crippen LogP contribution in [0.15, 0.2) is 42.5 Å². The van der Waals surface area contributed by atoms with Crippen molar-refractivity contribution in [1.82, 2.24) is 0 Å². The summed E-state index contributed by atoms with van der Waals surface area (Å²) in [4.78, 5) is 0. The summed E-state index contributed by atoms with van der Waals surface area (Å²) in [5, 5.41) is 12.8. The molecule has 2 aromatic rings. The molecule has 0 spiro atoms. The van der Waals surface area contributed by atoms with E-state index in [1.54, 1.807) is 18.2 Å². The highest BCUT2D eigenvalue weighted by atomic mass is 16.3. The lowest BCUT2D eigenvalue weighted by atomic mass is 10.1. The molecule has 2 aromatic carbocycles. The molecule has 0 heterocycles. The van der Waals surface area contributed by atoms with Gasteiger partial charge in [-0.2, -0.15) is 0 Å². The van der Waals surface area contributed by atoms with E-state index in [0.29, 0.717) is 12.2 Å². The van der Waals surface area contributed by atoms with Crippen molar-refractivity contribution in [3.05, 3.63) is 48.0 Å². The fraction of sp³-hybridized carbons (Fsp3) is 0.0769. The number of hydrogen-bond donors (Lipinski definition) is 4. The van der Waals surface area contributed by atoms with Gasteiger partial charge < -0.3 is 21.9 Å². The second-order valence-corrected chi connectivity index (χ2v) is 3.86. The van der Waals surface area contributed by atoms with E-state index >= 15 is 0 Å². The van der Waals surface area contributed by atoms with Gasteiger partial charge in [-0.15, -0.1) is 0 Å². The Kier molecular flexibility index (Phi) is 3.05. The molecule has 0 aromatic heterocycles. The Hall–Kier alpha value is -2.36. The van der Waals surface area contributed by atoms with Crippen molar-refractivity contribution in [2.75, 3.05) is 16.8 Å². The van der Waals surface area contributed by atoms with Gasteiger partial charge in [0.2, 0.25) is 0 Å². The Balaban J connectivity index is 2.07. The number of aromatic hydroxyl groups is 1. The monoisotopic (exact) mass is 229 g/mol. The van der Waals surface area contributed by atoms with Crippen LogP contribution in [0.4, 0.5) is 17.1 Å². The fourth-order valence-electron chi connectivity index (χ4n) is 1.55. The maximum atomic E-state index is 9.64. The van der Waals surface area contributed by atoms with Gasteiger partial charge in [0.1, 0.15) is 5.75 Å². The van der Waals surface area contributed by atoms with Crippen LogP contribution < -0.4 is 16.8 Å². The smallest absolute Gasteiger partial charge is 0.120 e. The topological polar surface area (TPSA) is 84.3 Å². The third kappa shape index (κ3) is 2.81. The molecule has 0 fully saturated rings. The molecule has 4 nitrogen and oxygen atoms in total. The zero-order chi connectivity index (χ0) is 12.3. The van der Waals surface area contributed by atoms with Gasteiger partial charge in [-0.3, -0.25) is 0 Å². The highest BCUT2D eigenvalue weighted by Gasteiger charge is 2.01. The first kappa shape index (κ1) is 11.1. The number of phenolic OH excluding ortho intramolecular Hbond substituents is 1. The quantitative estimate of drug-likeness (QED) is 0.480. The predicted molar refractivity (Wildman–Crippen MR) is 70.7 cm³/mol. The van der Waals surface area contributed by atoms with Crippen molar-refractivity contribution in [1.29, 1.82) is 0 Å². The molecule has 0 saturated heterocycles. The summed E-state index contributed by atoms with van der Waals surface area (Å²) in [6.45, 7) is 0.515. The van der Waals surface area contributed by atoms with Gasteiger partial charge >= 0.3 is 0 Å². The summed E-state index contributed by atoms with van der Waals surface area (Å²) in [6, 6.07) is 12.4. The number of nitrogen functional groups attached to an aromatic ring is 2. The van der Waals surface area contributed by atoms with Crippen LogP contribution in [0.1, 0.15) is 5.56 Å². The molecular formula is C13H15N3O. The van der Waals surface area contributed by atoms with E-state index in [1.807, 2.05) is 24.3 Å². The van der Waals surface area contributed by atoms with Crippen LogP contribution in [0.25, 0.3) is 0 Å². The van der Waals surface area contributed by atoms with Gasteiger partial charge in [0.15, 0.2) is 0 Å². The Bertz CT molecular complexity index is 509. The van der Waals surface area contributed by atoms with E-state index in [0.717, 1.165) is 16.9 Å². The highest BCUT2D eigenvalue weighted by molar-refractivity contribution is 5.53. The van der Waals surface area contributed by atoms with Gasteiger partial charge in [0.25, 0.3) is 0 Å². The van der Waals surface area contributed by atoms with Crippen LogP contribution >= 0.6 is 0 Å². The molecule has 0 aliphatic rings. The molecule has 0 saturated carbocycles. The summed E-state index contributed by atoms with van der Waals surface area (Å²) < 4.78 is 0. The molecule has 0 aliphatic carbocycles. The van der Waals surface area contributed by atoms with Crippen molar-refractivity contribution < 1.29 is 5.11 Å². The standard InChI is InChI=1S/C13H15N3O/c14-10-1-4-12(5-2-10)16-8-9-7-11(15)3-6-13(9)17/h1-7,16-17H,8,14-15H2. The number of nitrogens with two attached hydrogens (primary N) is 2. The van der Waals surface area contributed by atoms with Gasteiger partial charge in [-0.25, -0.2) is 0 Å². The zero-order valence-electron chi connectivity index (χ0n) is 9.35. The van der Waals surface area contributed by atoms with Crippen molar-refractivity contribution in [2.24, 2.45) is 0 Å². The minimum absolute atomic E-state index is 0.238. The molecule has 4 heteroatoms. The van der Waals surface area contributed by atoms with Crippen molar-refractivity contribution >= 4 is 17.1 Å². The van der Waals surface area contributed by atoms with Crippen LogP contribution in [0.3, 0.4) is 0 Å². The lowest BCUT2D eigenvalue weighted by Gasteiger charge is -2.09. The van der Waals surface area contributed by atoms with Gasteiger partial charge in [0, 0.05) is 29.2 Å². The molecular weight excluding hydrogens is 214 g/mol. The van der Waals surface area contributed by atoms with Gasteiger partial charge in [0.05, 0.1) is 0 Å². The van der Waals surface area contributed by atoms with Crippen LogP contribution in [-0.2, 0) is 6.54 Å². The lowest BCUT2D eigenvalue weighted by molar-refractivity contribution is 0.469. The van der Waals surface area contributed by atoms with E-state index in [4.69, 9.17) is 11.5 Å². The van der Waals surface area contributed by atoms with Crippen LogP contribution in [0, 0.1) is 0 Å². The first-order valence-corrected chi connectivity index (χ1v) is 5.32. The number of phenols is 1. The second-order valence-electron chi connectivity index (χ2n) is 3.86. The van der Waals surface area contributed by atoms with E-state index in [1.165, 1.54) is 0 Å². The number of anilines is 3. The Morgan fingerprint density at radius 1 is 0.941 bits per heavy atom. The first-order valence-electron chi connectivity index (χ1n) is 5.32. The lowest BCUT2D eigenvalue weighted by Crippen LogP contribution is -2.00. The molecule has 0 radical (unpaired) electrons. The largest absolute Gasteiger partial charge is 0.508 e. The predicted octanol–water partition coefficient (Wildman–Crippen LogP) is 2.17. The molecule has 17 heavy (non-hydrogen) atoms. The minimum Gasteiger partial charge on any atom is -0.508 e. The summed E-state index contributed by atoms with van der Waals surface area (Å²) in [5.74, 6) is 0.238. The van der Waals surface area contributed by atoms with E-state index in [9.17, 15) is 5.11 Å². The van der Waals surface area contributed by atoms with Gasteiger partial charge in [-0.05, 0) is 42.5 Å². The van der Waals surface area contributed by atoms with E-state index < -0.39 is 0 Å². The molecule has 6 N–H and O–H groups in total. The normalized spacial score (nSPS) is 10.1. The van der Waals surface area contributed by atoms with Crippen molar-refractivity contribution in [3.63, 3.8) is 0 Å². The van der Waals surface area contributed by atoms with Crippen LogP contribution in [-0.4, -0.2) is 5.11 Å². The maximum absolute atomic E-state index is 9.64. The third-order valence-electron chi connectivity index (χ3n) is 2.50. The average Bonchev–Trinajstić information content (AvgIpc) is 2.32. The Morgan fingerprint density at radius 2 is 1.59 bits per heavy atom. The van der Waals surface area contributed by atoms with Crippen LogP contribution in [0.2, 0.25) is 0 Å². The number of nitrogens with one attached hydrogen (secondary N) is 1. The Labute approximate surface area is 99.9 Å². The maximum Gasteiger partial charge on any atom is 0.120 e. The number of hydrogen-bond acceptors (Lipinski definition) is 4. The number of rotatable bonds is 3. The molecule has 0 atom stereocenters. The van der Waals surface area contributed by atoms with E-state index in [2.05, 4.69) is 5.32 Å². The summed E-state index contributed by atoms with van der Waals surface area (Å²) in [5.41, 5.74) is 14.3. The summed E-state index contributed by atoms with van der Waals surface area (Å²) in [6.07, 6.45) is 0. The van der Waals surface area contributed by atoms with Crippen molar-refractivity contribution in [3.8, 4) is 5.75 Å². The third-order valence-corrected chi connectivity index (χ3v) is 2.50. The molecule has 0 aliphatic heterocycles. The molecule has 88 valence electrons. The Morgan fingerprint density at radius 3 is 2.29 bits per heavy atom. The first-order chi connectivity index (χ1) is 8.15. The van der Waals surface area contributed by atoms with Crippen LogP contribution in [0.5, 0.6) is 5.75 Å².